The lowest BCUT2D eigenvalue weighted by atomic mass is 9.52. The molecular formula is C27H22B4Cl2N6O7. The molecule has 13 nitrogen and oxygen atoms in total. The SMILES string of the molecule is [B]C([B])([B])Oc1ncc(-c2nc3c(n2C(C)COC)[C@H](c2ccc(Cl)cc2)N(c2cc(Cl)cn(C)c2=O)C3=O)c(OC([B])(O)O)n1. The molecule has 0 bridgehead atoms. The van der Waals surface area contributed by atoms with E-state index in [4.69, 9.17) is 68.8 Å². The Bertz CT molecular complexity index is 1860. The highest BCUT2D eigenvalue weighted by molar-refractivity contribution is 6.58. The molecule has 4 heterocycles. The van der Waals surface area contributed by atoms with E-state index in [0.29, 0.717) is 16.3 Å². The fourth-order valence-electron chi connectivity index (χ4n) is 5.13. The summed E-state index contributed by atoms with van der Waals surface area (Å²) in [5, 5.41) is 18.3. The molecule has 0 saturated heterocycles. The number of amides is 1. The molecule has 2 N–H and O–H groups in total. The zero-order valence-corrected chi connectivity index (χ0v) is 26.1. The van der Waals surface area contributed by atoms with Gasteiger partial charge in [-0.2, -0.15) is 4.98 Å². The van der Waals surface area contributed by atoms with Crippen molar-refractivity contribution >= 4 is 66.2 Å². The number of hydrogen-bond donors (Lipinski definition) is 2. The van der Waals surface area contributed by atoms with Gasteiger partial charge >= 0.3 is 6.01 Å². The summed E-state index contributed by atoms with van der Waals surface area (Å²) in [4.78, 5) is 41.7. The van der Waals surface area contributed by atoms with Crippen molar-refractivity contribution in [2.24, 2.45) is 7.05 Å². The number of halogens is 2. The highest BCUT2D eigenvalue weighted by atomic mass is 35.5. The maximum absolute atomic E-state index is 14.3. The van der Waals surface area contributed by atoms with Gasteiger partial charge in [-0.1, -0.05) is 35.3 Å². The summed E-state index contributed by atoms with van der Waals surface area (Å²) in [6.07, 6.45) is 2.57. The zero-order valence-electron chi connectivity index (χ0n) is 24.6. The van der Waals surface area contributed by atoms with Crippen molar-refractivity contribution in [3.63, 3.8) is 0 Å². The van der Waals surface area contributed by atoms with Crippen molar-refractivity contribution < 1.29 is 29.2 Å². The monoisotopic (exact) mass is 656 g/mol. The highest BCUT2D eigenvalue weighted by Crippen LogP contribution is 2.45. The number of ether oxygens (including phenoxy) is 3. The summed E-state index contributed by atoms with van der Waals surface area (Å²) in [5.41, 5.74) is 0.317. The van der Waals surface area contributed by atoms with E-state index in [9.17, 15) is 19.8 Å². The van der Waals surface area contributed by atoms with E-state index in [1.807, 2.05) is 0 Å². The second kappa shape index (κ2) is 12.5. The molecule has 0 spiro atoms. The van der Waals surface area contributed by atoms with Gasteiger partial charge in [0.15, 0.2) is 5.69 Å². The van der Waals surface area contributed by atoms with E-state index in [-0.39, 0.29) is 34.4 Å². The van der Waals surface area contributed by atoms with E-state index < -0.39 is 46.6 Å². The van der Waals surface area contributed by atoms with Crippen molar-refractivity contribution in [3.05, 3.63) is 80.1 Å². The average Bonchev–Trinajstić information content (AvgIpc) is 3.45. The Kier molecular flexibility index (Phi) is 9.10. The Labute approximate surface area is 278 Å². The number of benzene rings is 1. The lowest BCUT2D eigenvalue weighted by Gasteiger charge is -2.29. The first-order chi connectivity index (χ1) is 21.5. The van der Waals surface area contributed by atoms with Crippen LogP contribution in [0.3, 0.4) is 0 Å². The maximum Gasteiger partial charge on any atom is 0.317 e. The number of carbonyl (C=O) groups excluding carboxylic acids is 1. The first kappa shape index (κ1) is 33.6. The highest BCUT2D eigenvalue weighted by Gasteiger charge is 2.46. The molecule has 1 aromatic carbocycles. The Morgan fingerprint density at radius 2 is 1.72 bits per heavy atom. The molecule has 0 aliphatic carbocycles. The van der Waals surface area contributed by atoms with Gasteiger partial charge in [0, 0.05) is 31.6 Å². The number of methoxy groups -OCH3 is 1. The quantitative estimate of drug-likeness (QED) is 0.186. The first-order valence-corrected chi connectivity index (χ1v) is 14.2. The second-order valence-corrected chi connectivity index (χ2v) is 11.4. The first-order valence-electron chi connectivity index (χ1n) is 13.4. The van der Waals surface area contributed by atoms with Crippen LogP contribution in [0.25, 0.3) is 11.4 Å². The van der Waals surface area contributed by atoms with Gasteiger partial charge < -0.3 is 33.6 Å². The molecule has 1 aliphatic rings. The maximum atomic E-state index is 14.3. The molecule has 0 saturated carbocycles. The lowest BCUT2D eigenvalue weighted by Crippen LogP contribution is -2.38. The number of aliphatic hydroxyl groups is 2. The number of hydrogen-bond acceptors (Lipinski definition) is 10. The third kappa shape index (κ3) is 6.69. The van der Waals surface area contributed by atoms with Crippen LogP contribution in [0.5, 0.6) is 11.9 Å². The summed E-state index contributed by atoms with van der Waals surface area (Å²) >= 11 is 12.5. The van der Waals surface area contributed by atoms with E-state index in [1.54, 1.807) is 35.8 Å². The van der Waals surface area contributed by atoms with E-state index in [1.165, 1.54) is 35.9 Å². The summed E-state index contributed by atoms with van der Waals surface area (Å²) in [5.74, 6) is -4.38. The molecule has 5 rings (SSSR count). The Balaban J connectivity index is 1.81. The topological polar surface area (TPSA) is 154 Å². The third-order valence-electron chi connectivity index (χ3n) is 6.80. The molecule has 1 amide bonds. The standard InChI is InChI=1S/C27H22B4Cl2N6O7/c1-12(11-44-3)38-20-18(35-21(38)16-9-34-25(46-26(28,29)30)36-22(16)45-27(31,42)43)24(41)39(17-8-15(33)10-37(2)23(17)40)19(20)13-4-6-14(32)7-5-13/h4-10,12,19,42-43H,11H2,1-3H3/t12?,19-/m0/s1. The fraction of sp³-hybridized carbons (Fsp3) is 0.296. The Hall–Kier alpha value is -3.75. The minimum Gasteiger partial charge on any atom is -0.487 e. The molecular weight excluding hydrogens is 634 g/mol. The number of aryl methyl sites for hydroxylation is 1. The number of pyridine rings is 1. The minimum absolute atomic E-state index is 0.00150. The van der Waals surface area contributed by atoms with Crippen molar-refractivity contribution in [1.82, 2.24) is 24.1 Å². The van der Waals surface area contributed by atoms with Crippen molar-refractivity contribution in [1.29, 1.82) is 0 Å². The largest absolute Gasteiger partial charge is 0.487 e. The molecule has 1 unspecified atom stereocenters. The predicted octanol–water partition coefficient (Wildman–Crippen LogP) is 0.942. The number of rotatable bonds is 10. The van der Waals surface area contributed by atoms with Crippen LogP contribution < -0.4 is 19.9 Å². The predicted molar refractivity (Wildman–Crippen MR) is 171 cm³/mol. The number of anilines is 1. The van der Waals surface area contributed by atoms with Gasteiger partial charge in [-0.25, -0.2) is 9.97 Å². The molecule has 8 radical (unpaired) electrons. The smallest absolute Gasteiger partial charge is 0.317 e. The number of carbonyl (C=O) groups is 1. The number of aromatic nitrogens is 5. The van der Waals surface area contributed by atoms with Gasteiger partial charge in [0.05, 0.1) is 28.9 Å². The van der Waals surface area contributed by atoms with Crippen LogP contribution in [0, 0.1) is 0 Å². The average molecular weight is 657 g/mol. The molecule has 4 aromatic rings. The Morgan fingerprint density at radius 1 is 1.04 bits per heavy atom. The summed E-state index contributed by atoms with van der Waals surface area (Å²) < 4.78 is 18.6. The second-order valence-electron chi connectivity index (χ2n) is 10.5. The number of fused-ring (bicyclic) bond motifs is 1. The van der Waals surface area contributed by atoms with Gasteiger partial charge in [0.1, 0.15) is 41.1 Å². The zero-order chi connectivity index (χ0) is 33.7. The molecule has 228 valence electrons. The lowest BCUT2D eigenvalue weighted by molar-refractivity contribution is -0.225. The number of imidazole rings is 1. The summed E-state index contributed by atoms with van der Waals surface area (Å²) in [6, 6.07) is 6.11. The van der Waals surface area contributed by atoms with Crippen molar-refractivity contribution in [3.8, 4) is 23.3 Å². The fourth-order valence-corrected chi connectivity index (χ4v) is 5.50. The van der Waals surface area contributed by atoms with Crippen LogP contribution in [0.1, 0.15) is 40.8 Å². The van der Waals surface area contributed by atoms with Crippen LogP contribution in [-0.4, -0.2) is 96.5 Å². The van der Waals surface area contributed by atoms with E-state index in [2.05, 4.69) is 15.0 Å². The molecule has 46 heavy (non-hydrogen) atoms. The summed E-state index contributed by atoms with van der Waals surface area (Å²) in [7, 11) is 24.8. The van der Waals surface area contributed by atoms with E-state index in [0.717, 1.165) is 6.20 Å². The van der Waals surface area contributed by atoms with Crippen LogP contribution in [0.4, 0.5) is 5.69 Å². The van der Waals surface area contributed by atoms with Crippen molar-refractivity contribution in [2.45, 2.75) is 30.2 Å². The minimum atomic E-state index is -3.23. The van der Waals surface area contributed by atoms with Gasteiger partial charge in [0.25, 0.3) is 17.3 Å². The van der Waals surface area contributed by atoms with Crippen LogP contribution >= 0.6 is 23.2 Å². The molecule has 3 aromatic heterocycles. The normalized spacial score (nSPS) is 15.6. The van der Waals surface area contributed by atoms with Gasteiger partial charge in [0.2, 0.25) is 13.7 Å². The van der Waals surface area contributed by atoms with Gasteiger partial charge in [-0.05, 0) is 36.0 Å². The number of nitrogens with zero attached hydrogens (tertiary/aromatic N) is 6. The van der Waals surface area contributed by atoms with Gasteiger partial charge in [-0.15, -0.1) is 0 Å². The van der Waals surface area contributed by atoms with Crippen molar-refractivity contribution in [2.75, 3.05) is 18.6 Å². The molecule has 2 atom stereocenters. The van der Waals surface area contributed by atoms with E-state index >= 15 is 0 Å². The van der Waals surface area contributed by atoms with Crippen LogP contribution in [0.2, 0.25) is 10.0 Å². The summed E-state index contributed by atoms with van der Waals surface area (Å²) in [6.45, 7) is 1.90. The van der Waals surface area contributed by atoms with Gasteiger partial charge in [-0.3, -0.25) is 14.5 Å². The molecule has 19 heteroatoms. The van der Waals surface area contributed by atoms with Crippen LogP contribution in [0.15, 0.2) is 47.5 Å². The molecule has 1 aliphatic heterocycles. The van der Waals surface area contributed by atoms with Crippen LogP contribution in [-0.2, 0) is 11.8 Å². The Morgan fingerprint density at radius 3 is 2.33 bits per heavy atom. The molecule has 0 fully saturated rings. The third-order valence-corrected chi connectivity index (χ3v) is 7.26.